The van der Waals surface area contributed by atoms with Gasteiger partial charge in [-0.2, -0.15) is 4.98 Å². The third-order valence-electron chi connectivity index (χ3n) is 4.66. The third kappa shape index (κ3) is 2.79. The molecule has 138 valence electrons. The SMILES string of the molecule is Cc1ccc([C@]2(C)NC(=O)N(Cc3nc(-c4ccccc4C)no3)C2=O)o1. The maximum atomic E-state index is 12.9. The van der Waals surface area contributed by atoms with E-state index in [1.165, 1.54) is 0 Å². The molecule has 2 aromatic heterocycles. The number of aromatic nitrogens is 2. The van der Waals surface area contributed by atoms with Crippen LogP contribution in [0.15, 0.2) is 45.3 Å². The summed E-state index contributed by atoms with van der Waals surface area (Å²) in [5, 5.41) is 6.64. The molecule has 1 aromatic carbocycles. The zero-order chi connectivity index (χ0) is 19.2. The van der Waals surface area contributed by atoms with E-state index in [2.05, 4.69) is 15.5 Å². The van der Waals surface area contributed by atoms with Crippen molar-refractivity contribution in [2.45, 2.75) is 32.9 Å². The Morgan fingerprint density at radius 1 is 1.15 bits per heavy atom. The summed E-state index contributed by atoms with van der Waals surface area (Å²) >= 11 is 0. The number of furan rings is 1. The first-order valence-electron chi connectivity index (χ1n) is 8.48. The Morgan fingerprint density at radius 2 is 1.93 bits per heavy atom. The van der Waals surface area contributed by atoms with Crippen molar-refractivity contribution in [2.75, 3.05) is 0 Å². The lowest BCUT2D eigenvalue weighted by Gasteiger charge is -2.18. The summed E-state index contributed by atoms with van der Waals surface area (Å²) in [6, 6.07) is 10.5. The smallest absolute Gasteiger partial charge is 0.325 e. The topological polar surface area (TPSA) is 101 Å². The van der Waals surface area contributed by atoms with Crippen LogP contribution in [-0.2, 0) is 16.9 Å². The number of hydrogen-bond donors (Lipinski definition) is 1. The Hall–Kier alpha value is -3.42. The monoisotopic (exact) mass is 366 g/mol. The fraction of sp³-hybridized carbons (Fsp3) is 0.263. The summed E-state index contributed by atoms with van der Waals surface area (Å²) in [6.07, 6.45) is 0. The highest BCUT2D eigenvalue weighted by molar-refractivity contribution is 6.06. The molecule has 1 N–H and O–H groups in total. The van der Waals surface area contributed by atoms with Gasteiger partial charge in [-0.3, -0.25) is 9.69 Å². The van der Waals surface area contributed by atoms with E-state index in [0.29, 0.717) is 17.3 Å². The summed E-state index contributed by atoms with van der Waals surface area (Å²) < 4.78 is 10.8. The summed E-state index contributed by atoms with van der Waals surface area (Å²) in [5.74, 6) is 1.20. The highest BCUT2D eigenvalue weighted by Gasteiger charge is 2.51. The summed E-state index contributed by atoms with van der Waals surface area (Å²) in [5.41, 5.74) is 0.575. The van der Waals surface area contributed by atoms with Gasteiger partial charge < -0.3 is 14.3 Å². The van der Waals surface area contributed by atoms with Gasteiger partial charge in [-0.15, -0.1) is 0 Å². The van der Waals surface area contributed by atoms with Crippen molar-refractivity contribution < 1.29 is 18.5 Å². The van der Waals surface area contributed by atoms with Crippen molar-refractivity contribution in [2.24, 2.45) is 0 Å². The Morgan fingerprint density at radius 3 is 2.63 bits per heavy atom. The lowest BCUT2D eigenvalue weighted by Crippen LogP contribution is -2.40. The largest absolute Gasteiger partial charge is 0.463 e. The van der Waals surface area contributed by atoms with Gasteiger partial charge >= 0.3 is 6.03 Å². The van der Waals surface area contributed by atoms with Crippen LogP contribution in [0.3, 0.4) is 0 Å². The molecule has 0 bridgehead atoms. The number of amides is 3. The molecule has 8 nitrogen and oxygen atoms in total. The van der Waals surface area contributed by atoms with Gasteiger partial charge in [0.05, 0.1) is 0 Å². The lowest BCUT2D eigenvalue weighted by atomic mass is 9.99. The van der Waals surface area contributed by atoms with E-state index in [1.54, 1.807) is 26.0 Å². The minimum absolute atomic E-state index is 0.112. The average Bonchev–Trinajstić information content (AvgIpc) is 3.32. The summed E-state index contributed by atoms with van der Waals surface area (Å²) in [4.78, 5) is 30.6. The van der Waals surface area contributed by atoms with Gasteiger partial charge in [0.1, 0.15) is 18.1 Å². The predicted molar refractivity (Wildman–Crippen MR) is 94.3 cm³/mol. The molecule has 4 rings (SSSR count). The van der Waals surface area contributed by atoms with Gasteiger partial charge in [-0.1, -0.05) is 29.4 Å². The fourth-order valence-corrected chi connectivity index (χ4v) is 3.10. The molecule has 1 saturated heterocycles. The molecule has 1 aliphatic heterocycles. The number of carbonyl (C=O) groups is 2. The van der Waals surface area contributed by atoms with Crippen LogP contribution >= 0.6 is 0 Å². The number of urea groups is 1. The zero-order valence-electron chi connectivity index (χ0n) is 15.1. The second-order valence-electron chi connectivity index (χ2n) is 6.68. The molecule has 27 heavy (non-hydrogen) atoms. The quantitative estimate of drug-likeness (QED) is 0.713. The van der Waals surface area contributed by atoms with Crippen LogP contribution in [-0.4, -0.2) is 27.0 Å². The van der Waals surface area contributed by atoms with Gasteiger partial charge in [-0.25, -0.2) is 4.79 Å². The van der Waals surface area contributed by atoms with Crippen LogP contribution in [0.2, 0.25) is 0 Å². The van der Waals surface area contributed by atoms with Crippen molar-refractivity contribution in [3.8, 4) is 11.4 Å². The maximum absolute atomic E-state index is 12.9. The first kappa shape index (κ1) is 17.0. The minimum atomic E-state index is -1.26. The summed E-state index contributed by atoms with van der Waals surface area (Å²) in [6.45, 7) is 5.22. The van der Waals surface area contributed by atoms with Gasteiger partial charge in [0.25, 0.3) is 5.91 Å². The molecule has 3 aromatic rings. The van der Waals surface area contributed by atoms with E-state index in [0.717, 1.165) is 16.0 Å². The molecule has 3 heterocycles. The molecular weight excluding hydrogens is 348 g/mol. The van der Waals surface area contributed by atoms with E-state index in [-0.39, 0.29) is 12.4 Å². The van der Waals surface area contributed by atoms with Gasteiger partial charge in [0.2, 0.25) is 11.7 Å². The van der Waals surface area contributed by atoms with Gasteiger partial charge in [0.15, 0.2) is 5.54 Å². The van der Waals surface area contributed by atoms with Crippen molar-refractivity contribution in [3.05, 3.63) is 59.4 Å². The maximum Gasteiger partial charge on any atom is 0.325 e. The molecule has 8 heteroatoms. The predicted octanol–water partition coefficient (Wildman–Crippen LogP) is 2.91. The lowest BCUT2D eigenvalue weighted by molar-refractivity contribution is -0.132. The van der Waals surface area contributed by atoms with Crippen LogP contribution in [0.1, 0.15) is 29.9 Å². The number of imide groups is 1. The number of nitrogens with one attached hydrogen (secondary N) is 1. The van der Waals surface area contributed by atoms with Gasteiger partial charge in [-0.05, 0) is 38.5 Å². The Balaban J connectivity index is 1.58. The first-order chi connectivity index (χ1) is 12.9. The molecule has 1 aliphatic rings. The highest BCUT2D eigenvalue weighted by Crippen LogP contribution is 2.31. The van der Waals surface area contributed by atoms with Crippen molar-refractivity contribution >= 4 is 11.9 Å². The number of benzene rings is 1. The minimum Gasteiger partial charge on any atom is -0.463 e. The third-order valence-corrected chi connectivity index (χ3v) is 4.66. The standard InChI is InChI=1S/C19H18N4O4/c1-11-6-4-5-7-13(11)16-20-15(27-22-16)10-23-17(24)19(3,21-18(23)25)14-9-8-12(2)26-14/h4-9H,10H2,1-3H3,(H,21,25)/t19-/m0/s1. The molecule has 1 atom stereocenters. The summed E-state index contributed by atoms with van der Waals surface area (Å²) in [7, 11) is 0. The van der Waals surface area contributed by atoms with E-state index in [4.69, 9.17) is 8.94 Å². The molecule has 0 unspecified atom stereocenters. The molecule has 0 radical (unpaired) electrons. The molecule has 0 saturated carbocycles. The molecule has 0 spiro atoms. The van der Waals surface area contributed by atoms with Gasteiger partial charge in [0, 0.05) is 5.56 Å². The van der Waals surface area contributed by atoms with E-state index >= 15 is 0 Å². The van der Waals surface area contributed by atoms with Crippen LogP contribution in [0.25, 0.3) is 11.4 Å². The van der Waals surface area contributed by atoms with Crippen LogP contribution < -0.4 is 5.32 Å². The first-order valence-corrected chi connectivity index (χ1v) is 8.48. The number of carbonyl (C=O) groups excluding carboxylic acids is 2. The number of rotatable bonds is 4. The van der Waals surface area contributed by atoms with Crippen molar-refractivity contribution in [3.63, 3.8) is 0 Å². The van der Waals surface area contributed by atoms with Crippen LogP contribution in [0.5, 0.6) is 0 Å². The molecule has 1 fully saturated rings. The second kappa shape index (κ2) is 6.08. The fourth-order valence-electron chi connectivity index (χ4n) is 3.10. The molecule has 0 aliphatic carbocycles. The van der Waals surface area contributed by atoms with Crippen LogP contribution in [0.4, 0.5) is 4.79 Å². The normalized spacial score (nSPS) is 19.6. The van der Waals surface area contributed by atoms with E-state index < -0.39 is 17.5 Å². The van der Waals surface area contributed by atoms with Crippen molar-refractivity contribution in [1.29, 1.82) is 0 Å². The number of aryl methyl sites for hydroxylation is 2. The Bertz CT molecular complexity index is 1040. The molecule has 3 amide bonds. The average molecular weight is 366 g/mol. The Labute approximate surface area is 155 Å². The zero-order valence-corrected chi connectivity index (χ0v) is 15.1. The second-order valence-corrected chi connectivity index (χ2v) is 6.68. The van der Waals surface area contributed by atoms with Crippen LogP contribution in [0, 0.1) is 13.8 Å². The highest BCUT2D eigenvalue weighted by atomic mass is 16.5. The van der Waals surface area contributed by atoms with Crippen molar-refractivity contribution in [1.82, 2.24) is 20.4 Å². The number of nitrogens with zero attached hydrogens (tertiary/aromatic N) is 3. The van der Waals surface area contributed by atoms with E-state index in [9.17, 15) is 9.59 Å². The Kier molecular flexibility index (Phi) is 3.83. The number of hydrogen-bond acceptors (Lipinski definition) is 6. The molecular formula is C19H18N4O4. The van der Waals surface area contributed by atoms with E-state index in [1.807, 2.05) is 31.2 Å².